The lowest BCUT2D eigenvalue weighted by Gasteiger charge is -2.41. The second kappa shape index (κ2) is 6.82. The summed E-state index contributed by atoms with van der Waals surface area (Å²) < 4.78 is 0. The van der Waals surface area contributed by atoms with Gasteiger partial charge in [0.2, 0.25) is 0 Å². The number of imide groups is 1. The molecule has 1 saturated heterocycles. The fourth-order valence-corrected chi connectivity index (χ4v) is 5.11. The van der Waals surface area contributed by atoms with E-state index in [1.165, 1.54) is 25.7 Å². The monoisotopic (exact) mass is 320 g/mol. The lowest BCUT2D eigenvalue weighted by molar-refractivity contribution is -0.136. The first kappa shape index (κ1) is 16.8. The highest BCUT2D eigenvalue weighted by Crippen LogP contribution is 2.41. The number of hydrogen-bond acceptors (Lipinski definition) is 2. The summed E-state index contributed by atoms with van der Waals surface area (Å²) in [6.07, 6.45) is 12.8. The Kier molecular flexibility index (Phi) is 4.98. The first-order chi connectivity index (χ1) is 11.2. The van der Waals surface area contributed by atoms with E-state index in [1.54, 1.807) is 4.90 Å². The molecule has 0 aromatic heterocycles. The zero-order valence-electron chi connectivity index (χ0n) is 14.9. The van der Waals surface area contributed by atoms with Crippen LogP contribution in [0.25, 0.3) is 0 Å². The van der Waals surface area contributed by atoms with Gasteiger partial charge in [-0.05, 0) is 38.5 Å². The molecule has 3 fully saturated rings. The Morgan fingerprint density at radius 1 is 0.826 bits per heavy atom. The second-order valence-electron chi connectivity index (χ2n) is 7.65. The molecular formula is C19H32N2O2. The van der Waals surface area contributed by atoms with Gasteiger partial charge in [-0.3, -0.25) is 9.69 Å². The summed E-state index contributed by atoms with van der Waals surface area (Å²) in [5, 5.41) is 0. The summed E-state index contributed by atoms with van der Waals surface area (Å²) in [6, 6.07) is 0.445. The van der Waals surface area contributed by atoms with Crippen molar-refractivity contribution in [2.24, 2.45) is 0 Å². The largest absolute Gasteiger partial charge is 0.328 e. The molecule has 3 rings (SSSR count). The van der Waals surface area contributed by atoms with E-state index in [2.05, 4.69) is 13.8 Å². The Morgan fingerprint density at radius 3 is 1.78 bits per heavy atom. The van der Waals surface area contributed by atoms with Gasteiger partial charge in [-0.1, -0.05) is 52.4 Å². The molecule has 0 radical (unpaired) electrons. The minimum Gasteiger partial charge on any atom is -0.307 e. The highest BCUT2D eigenvalue weighted by molar-refractivity contribution is 6.07. The van der Waals surface area contributed by atoms with Crippen molar-refractivity contribution in [1.82, 2.24) is 9.80 Å². The predicted octanol–water partition coefficient (Wildman–Crippen LogP) is 4.47. The number of amides is 3. The van der Waals surface area contributed by atoms with E-state index in [9.17, 15) is 9.59 Å². The highest BCUT2D eigenvalue weighted by atomic mass is 16.2. The van der Waals surface area contributed by atoms with Crippen LogP contribution in [0.15, 0.2) is 0 Å². The Hall–Kier alpha value is -1.06. The van der Waals surface area contributed by atoms with E-state index in [4.69, 9.17) is 0 Å². The first-order valence-electron chi connectivity index (χ1n) is 9.82. The van der Waals surface area contributed by atoms with Gasteiger partial charge in [0.1, 0.15) is 5.54 Å². The molecule has 0 bridgehead atoms. The maximum atomic E-state index is 13.3. The third kappa shape index (κ3) is 2.68. The number of nitrogens with zero attached hydrogens (tertiary/aromatic N) is 2. The maximum absolute atomic E-state index is 13.3. The first-order valence-corrected chi connectivity index (χ1v) is 9.82. The van der Waals surface area contributed by atoms with Crippen molar-refractivity contribution in [3.63, 3.8) is 0 Å². The van der Waals surface area contributed by atoms with Crippen LogP contribution in [-0.2, 0) is 4.79 Å². The number of hydrogen-bond donors (Lipinski definition) is 0. The van der Waals surface area contributed by atoms with Crippen LogP contribution in [0.4, 0.5) is 4.79 Å². The number of urea groups is 1. The molecule has 0 N–H and O–H groups in total. The summed E-state index contributed by atoms with van der Waals surface area (Å²) in [6.45, 7) is 4.16. The summed E-state index contributed by atoms with van der Waals surface area (Å²) in [4.78, 5) is 30.3. The SMILES string of the molecule is CCC1(CC)C(=O)N(C2CCCCC2)C(=O)N1C1CCCCC1. The topological polar surface area (TPSA) is 40.6 Å². The normalized spacial score (nSPS) is 27.0. The molecule has 0 spiro atoms. The molecule has 2 aliphatic carbocycles. The molecule has 0 aromatic rings. The highest BCUT2D eigenvalue weighted by Gasteiger charge is 2.58. The summed E-state index contributed by atoms with van der Waals surface area (Å²) >= 11 is 0. The van der Waals surface area contributed by atoms with Crippen LogP contribution in [0.5, 0.6) is 0 Å². The number of rotatable bonds is 4. The van der Waals surface area contributed by atoms with E-state index in [0.29, 0.717) is 0 Å². The van der Waals surface area contributed by atoms with Crippen LogP contribution in [0.1, 0.15) is 90.9 Å². The molecule has 4 nitrogen and oxygen atoms in total. The predicted molar refractivity (Wildman–Crippen MR) is 91.1 cm³/mol. The van der Waals surface area contributed by atoms with Crippen molar-refractivity contribution in [3.05, 3.63) is 0 Å². The van der Waals surface area contributed by atoms with Crippen molar-refractivity contribution in [2.75, 3.05) is 0 Å². The summed E-state index contributed by atoms with van der Waals surface area (Å²) in [7, 11) is 0. The standard InChI is InChI=1S/C19H32N2O2/c1-3-19(4-2)17(22)20(15-11-7-5-8-12-15)18(23)21(19)16-13-9-6-10-14-16/h15-16H,3-14H2,1-2H3. The molecule has 1 aliphatic heterocycles. The number of carbonyl (C=O) groups excluding carboxylic acids is 2. The number of carbonyl (C=O) groups is 2. The molecular weight excluding hydrogens is 288 g/mol. The van der Waals surface area contributed by atoms with Crippen molar-refractivity contribution in [2.45, 2.75) is 109 Å². The lowest BCUT2D eigenvalue weighted by atomic mass is 9.85. The zero-order valence-corrected chi connectivity index (χ0v) is 14.9. The molecule has 0 aromatic carbocycles. The Bertz CT molecular complexity index is 446. The molecule has 3 aliphatic rings. The van der Waals surface area contributed by atoms with Gasteiger partial charge < -0.3 is 4.90 Å². The van der Waals surface area contributed by atoms with Crippen molar-refractivity contribution >= 4 is 11.9 Å². The van der Waals surface area contributed by atoms with Crippen molar-refractivity contribution < 1.29 is 9.59 Å². The van der Waals surface area contributed by atoms with Gasteiger partial charge in [-0.15, -0.1) is 0 Å². The van der Waals surface area contributed by atoms with Gasteiger partial charge in [-0.2, -0.15) is 0 Å². The fraction of sp³-hybridized carbons (Fsp3) is 0.895. The van der Waals surface area contributed by atoms with Gasteiger partial charge in [-0.25, -0.2) is 4.79 Å². The van der Waals surface area contributed by atoms with Crippen LogP contribution >= 0.6 is 0 Å². The van der Waals surface area contributed by atoms with Gasteiger partial charge in [0.05, 0.1) is 0 Å². The van der Waals surface area contributed by atoms with E-state index in [-0.39, 0.29) is 24.0 Å². The third-order valence-electron chi connectivity index (χ3n) is 6.54. The van der Waals surface area contributed by atoms with Crippen LogP contribution in [-0.4, -0.2) is 39.4 Å². The van der Waals surface area contributed by atoms with Gasteiger partial charge >= 0.3 is 6.03 Å². The van der Waals surface area contributed by atoms with Crippen LogP contribution < -0.4 is 0 Å². The Balaban J connectivity index is 1.92. The molecule has 1 heterocycles. The smallest absolute Gasteiger partial charge is 0.307 e. The average molecular weight is 320 g/mol. The summed E-state index contributed by atoms with van der Waals surface area (Å²) in [5.74, 6) is 0.102. The van der Waals surface area contributed by atoms with E-state index in [0.717, 1.165) is 51.4 Å². The van der Waals surface area contributed by atoms with Crippen LogP contribution in [0, 0.1) is 0 Å². The van der Waals surface area contributed by atoms with E-state index in [1.807, 2.05) is 4.90 Å². The Morgan fingerprint density at radius 2 is 1.30 bits per heavy atom. The van der Waals surface area contributed by atoms with E-state index < -0.39 is 5.54 Å². The van der Waals surface area contributed by atoms with Gasteiger partial charge in [0, 0.05) is 12.1 Å². The maximum Gasteiger partial charge on any atom is 0.328 e. The van der Waals surface area contributed by atoms with Gasteiger partial charge in [0.25, 0.3) is 5.91 Å². The third-order valence-corrected chi connectivity index (χ3v) is 6.54. The quantitative estimate of drug-likeness (QED) is 0.717. The minimum atomic E-state index is -0.573. The van der Waals surface area contributed by atoms with Gasteiger partial charge in [0.15, 0.2) is 0 Å². The summed E-state index contributed by atoms with van der Waals surface area (Å²) in [5.41, 5.74) is -0.573. The van der Waals surface area contributed by atoms with Crippen molar-refractivity contribution in [1.29, 1.82) is 0 Å². The molecule has 130 valence electrons. The minimum absolute atomic E-state index is 0.0255. The van der Waals surface area contributed by atoms with Crippen LogP contribution in [0.2, 0.25) is 0 Å². The van der Waals surface area contributed by atoms with Crippen molar-refractivity contribution in [3.8, 4) is 0 Å². The molecule has 0 atom stereocenters. The Labute approximate surface area is 140 Å². The molecule has 3 amide bonds. The van der Waals surface area contributed by atoms with E-state index >= 15 is 0 Å². The molecule has 0 unspecified atom stereocenters. The fourth-order valence-electron chi connectivity index (χ4n) is 5.11. The molecule has 4 heteroatoms. The zero-order chi connectivity index (χ0) is 16.4. The average Bonchev–Trinajstić information content (AvgIpc) is 2.83. The molecule has 23 heavy (non-hydrogen) atoms. The molecule has 2 saturated carbocycles. The van der Waals surface area contributed by atoms with Crippen LogP contribution in [0.3, 0.4) is 0 Å². The lowest BCUT2D eigenvalue weighted by Crippen LogP contribution is -2.53. The second-order valence-corrected chi connectivity index (χ2v) is 7.65.